The van der Waals surface area contributed by atoms with Crippen LogP contribution in [-0.2, 0) is 14.9 Å². The summed E-state index contributed by atoms with van der Waals surface area (Å²) in [5.74, 6) is -1.82. The molecule has 0 amide bonds. The van der Waals surface area contributed by atoms with Crippen LogP contribution in [-0.4, -0.2) is 54.6 Å². The van der Waals surface area contributed by atoms with Gasteiger partial charge in [-0.1, -0.05) is 6.58 Å². The number of carbonyl (C=O) groups excluding carboxylic acids is 1. The van der Waals surface area contributed by atoms with Gasteiger partial charge < -0.3 is 5.11 Å². The molecule has 12 heavy (non-hydrogen) atoms. The second-order valence-corrected chi connectivity index (χ2v) is 3.37. The van der Waals surface area contributed by atoms with Crippen molar-refractivity contribution in [3.8, 4) is 0 Å². The molecule has 0 rings (SSSR count). The van der Waals surface area contributed by atoms with Gasteiger partial charge >= 0.3 is 18.9 Å². The zero-order valence-electron chi connectivity index (χ0n) is 5.60. The van der Waals surface area contributed by atoms with Crippen LogP contribution in [0.15, 0.2) is 12.7 Å². The molecule has 2 N–H and O–H groups in total. The summed E-state index contributed by atoms with van der Waals surface area (Å²) in [5.41, 5.74) is 0. The Labute approximate surface area is 82.4 Å². The molecule has 0 bridgehead atoms. The first-order chi connectivity index (χ1) is 4.87. The quantitative estimate of drug-likeness (QED) is 0.313. The number of ketones is 1. The molecule has 0 heterocycles. The fourth-order valence-electron chi connectivity index (χ4n) is 0.418. The zero-order valence-corrected chi connectivity index (χ0v) is 6.41. The second-order valence-electron chi connectivity index (χ2n) is 1.87. The van der Waals surface area contributed by atoms with Crippen molar-refractivity contribution in [1.29, 1.82) is 0 Å². The summed E-state index contributed by atoms with van der Waals surface area (Å²) < 4.78 is 28.3. The molecule has 0 aliphatic heterocycles. The molecule has 0 saturated heterocycles. The van der Waals surface area contributed by atoms with Gasteiger partial charge in [0.1, 0.15) is 11.9 Å². The maximum absolute atomic E-state index is 10.4. The van der Waals surface area contributed by atoms with Crippen LogP contribution in [0.25, 0.3) is 0 Å². The van der Waals surface area contributed by atoms with E-state index in [2.05, 4.69) is 6.58 Å². The average molecular weight is 188 g/mol. The molecule has 0 saturated carbocycles. The van der Waals surface area contributed by atoms with Crippen molar-refractivity contribution >= 4 is 34.8 Å². The summed E-state index contributed by atoms with van der Waals surface area (Å²) in [5, 5.41) is 8.69. The normalized spacial score (nSPS) is 12.8. The number of hydrogen-bond donors (Lipinski definition) is 2. The molecule has 1 atom stereocenters. The molecule has 66 valence electrons. The summed E-state index contributed by atoms with van der Waals surface area (Å²) in [7, 11) is -4.30. The Kier molecular flexibility index (Phi) is 6.61. The van der Waals surface area contributed by atoms with Gasteiger partial charge in [-0.05, 0) is 6.08 Å². The first kappa shape index (κ1) is 14.4. The van der Waals surface area contributed by atoms with Crippen LogP contribution in [0, 0.1) is 0 Å². The molecular weight excluding hydrogens is 179 g/mol. The number of carbonyl (C=O) groups is 1. The second kappa shape index (κ2) is 5.51. The van der Waals surface area contributed by atoms with Gasteiger partial charge in [0.05, 0.1) is 0 Å². The van der Waals surface area contributed by atoms with E-state index in [-0.39, 0.29) is 18.9 Å². The van der Waals surface area contributed by atoms with Gasteiger partial charge in [-0.2, -0.15) is 8.42 Å². The molecule has 0 spiro atoms. The molecule has 5 nitrogen and oxygen atoms in total. The number of aliphatic hydroxyl groups is 1. The summed E-state index contributed by atoms with van der Waals surface area (Å²) in [6.07, 6.45) is -0.932. The van der Waals surface area contributed by atoms with Crippen molar-refractivity contribution in [2.24, 2.45) is 0 Å². The standard InChI is InChI=1S/C5H8O5S.Li.H/c1-2-4(6)5(7)3-11(8,9)10;;/h2,5,7H,1,3H2,(H,8,9,10);;. The minimum atomic E-state index is -4.30. The molecule has 0 aromatic heterocycles. The zero-order chi connectivity index (χ0) is 9.07. The van der Waals surface area contributed by atoms with Crippen molar-refractivity contribution < 1.29 is 22.9 Å². The van der Waals surface area contributed by atoms with Crippen molar-refractivity contribution in [2.75, 3.05) is 5.75 Å². The van der Waals surface area contributed by atoms with Crippen LogP contribution in [0.4, 0.5) is 0 Å². The third-order valence-electron chi connectivity index (χ3n) is 0.898. The third-order valence-corrected chi connectivity index (χ3v) is 1.64. The molecule has 0 aliphatic rings. The van der Waals surface area contributed by atoms with Crippen molar-refractivity contribution in [3.63, 3.8) is 0 Å². The van der Waals surface area contributed by atoms with Crippen molar-refractivity contribution in [2.45, 2.75) is 6.10 Å². The summed E-state index contributed by atoms with van der Waals surface area (Å²) in [4.78, 5) is 10.4. The Morgan fingerprint density at radius 1 is 1.58 bits per heavy atom. The van der Waals surface area contributed by atoms with Crippen LogP contribution >= 0.6 is 0 Å². The summed E-state index contributed by atoms with van der Waals surface area (Å²) in [6.45, 7) is 3.03. The summed E-state index contributed by atoms with van der Waals surface area (Å²) in [6, 6.07) is 0. The molecule has 0 aromatic carbocycles. The van der Waals surface area contributed by atoms with Crippen LogP contribution in [0.2, 0.25) is 0 Å². The Hall–Kier alpha value is -0.123. The first-order valence-corrected chi connectivity index (χ1v) is 4.27. The van der Waals surface area contributed by atoms with Gasteiger partial charge in [-0.25, -0.2) is 0 Å². The van der Waals surface area contributed by atoms with E-state index in [4.69, 9.17) is 9.66 Å². The molecule has 1 unspecified atom stereocenters. The van der Waals surface area contributed by atoms with E-state index >= 15 is 0 Å². The topological polar surface area (TPSA) is 91.7 Å². The predicted molar refractivity (Wildman–Crippen MR) is 44.8 cm³/mol. The van der Waals surface area contributed by atoms with Crippen LogP contribution in [0.1, 0.15) is 0 Å². The fourth-order valence-corrected chi connectivity index (χ4v) is 0.981. The van der Waals surface area contributed by atoms with Gasteiger partial charge in [-0.3, -0.25) is 9.35 Å². The van der Waals surface area contributed by atoms with Gasteiger partial charge in [0.2, 0.25) is 0 Å². The van der Waals surface area contributed by atoms with Crippen LogP contribution < -0.4 is 0 Å². The molecule has 7 heteroatoms. The van der Waals surface area contributed by atoms with Gasteiger partial charge in [-0.15, -0.1) is 0 Å². The molecule has 0 aromatic rings. The summed E-state index contributed by atoms with van der Waals surface area (Å²) >= 11 is 0. The Bertz CT molecular complexity index is 257. The van der Waals surface area contributed by atoms with E-state index < -0.39 is 27.8 Å². The third kappa shape index (κ3) is 6.58. The number of hydrogen-bond acceptors (Lipinski definition) is 4. The fraction of sp³-hybridized carbons (Fsp3) is 0.400. The maximum atomic E-state index is 10.4. The first-order valence-electron chi connectivity index (χ1n) is 2.66. The Balaban J connectivity index is 0. The minimum absolute atomic E-state index is 0. The molecule has 0 radical (unpaired) electrons. The van der Waals surface area contributed by atoms with E-state index in [1.54, 1.807) is 0 Å². The van der Waals surface area contributed by atoms with E-state index in [1.165, 1.54) is 0 Å². The van der Waals surface area contributed by atoms with Crippen LogP contribution in [0.5, 0.6) is 0 Å². The van der Waals surface area contributed by atoms with E-state index in [0.29, 0.717) is 0 Å². The molecule has 0 fully saturated rings. The Morgan fingerprint density at radius 2 is 2.00 bits per heavy atom. The van der Waals surface area contributed by atoms with Gasteiger partial charge in [0.15, 0.2) is 5.78 Å². The Morgan fingerprint density at radius 3 is 2.25 bits per heavy atom. The van der Waals surface area contributed by atoms with Gasteiger partial charge in [0.25, 0.3) is 10.1 Å². The molecule has 0 aliphatic carbocycles. The SMILES string of the molecule is C=CC(=O)C(O)CS(=O)(=O)O.[LiH]. The van der Waals surface area contributed by atoms with Crippen molar-refractivity contribution in [1.82, 2.24) is 0 Å². The van der Waals surface area contributed by atoms with E-state index in [0.717, 1.165) is 6.08 Å². The number of rotatable bonds is 4. The van der Waals surface area contributed by atoms with E-state index in [1.807, 2.05) is 0 Å². The van der Waals surface area contributed by atoms with Crippen molar-refractivity contribution in [3.05, 3.63) is 12.7 Å². The number of aliphatic hydroxyl groups excluding tert-OH is 1. The van der Waals surface area contributed by atoms with Gasteiger partial charge in [0, 0.05) is 0 Å². The monoisotopic (exact) mass is 188 g/mol. The predicted octanol–water partition coefficient (Wildman–Crippen LogP) is -1.66. The molecular formula is C5H9LiO5S. The van der Waals surface area contributed by atoms with Crippen LogP contribution in [0.3, 0.4) is 0 Å². The average Bonchev–Trinajstić information content (AvgIpc) is 1.82. The van der Waals surface area contributed by atoms with E-state index in [9.17, 15) is 13.2 Å².